The second-order valence-corrected chi connectivity index (χ2v) is 8.30. The zero-order valence-electron chi connectivity index (χ0n) is 15.4. The standard InChI is InChI=1S/C12H13ClO3.C9H8BrClO/c1-2-15-12(14)8-3-6-11(10(13)7-8)16-9-4-5-9;10-6-1-4-9(8(11)5-6)12-7-2-3-7/h3,6-7,9H,2,4-5H2,1H3;1,4-5,7H,2-3H2. The zero-order chi connectivity index (χ0) is 20.1. The molecular formula is C21H21BrCl2O4. The van der Waals surface area contributed by atoms with Crippen molar-refractivity contribution in [1.29, 1.82) is 0 Å². The summed E-state index contributed by atoms with van der Waals surface area (Å²) < 4.78 is 17.0. The van der Waals surface area contributed by atoms with Gasteiger partial charge < -0.3 is 14.2 Å². The molecule has 2 aliphatic carbocycles. The molecule has 7 heteroatoms. The van der Waals surface area contributed by atoms with Crippen molar-refractivity contribution in [3.8, 4) is 11.5 Å². The number of carbonyl (C=O) groups is 1. The fraction of sp³-hybridized carbons (Fsp3) is 0.381. The van der Waals surface area contributed by atoms with E-state index in [4.69, 9.17) is 37.4 Å². The van der Waals surface area contributed by atoms with E-state index >= 15 is 0 Å². The van der Waals surface area contributed by atoms with Gasteiger partial charge in [0.25, 0.3) is 0 Å². The Kier molecular flexibility index (Phi) is 7.49. The van der Waals surface area contributed by atoms with Gasteiger partial charge in [0.15, 0.2) is 0 Å². The molecule has 150 valence electrons. The van der Waals surface area contributed by atoms with Crippen molar-refractivity contribution >= 4 is 45.1 Å². The third kappa shape index (κ3) is 6.57. The molecule has 0 aromatic heterocycles. The lowest BCUT2D eigenvalue weighted by Gasteiger charge is -2.08. The molecule has 0 radical (unpaired) electrons. The quantitative estimate of drug-likeness (QED) is 0.425. The van der Waals surface area contributed by atoms with Gasteiger partial charge >= 0.3 is 5.97 Å². The van der Waals surface area contributed by atoms with Gasteiger partial charge in [-0.1, -0.05) is 39.1 Å². The normalized spacial score (nSPS) is 15.3. The van der Waals surface area contributed by atoms with Crippen LogP contribution in [0.15, 0.2) is 40.9 Å². The van der Waals surface area contributed by atoms with Crippen molar-refractivity contribution in [3.05, 3.63) is 56.5 Å². The molecule has 0 spiro atoms. The Morgan fingerprint density at radius 1 is 0.964 bits per heavy atom. The summed E-state index contributed by atoms with van der Waals surface area (Å²) in [5.41, 5.74) is 0.454. The van der Waals surface area contributed by atoms with E-state index in [0.29, 0.717) is 40.2 Å². The largest absolute Gasteiger partial charge is 0.489 e. The van der Waals surface area contributed by atoms with E-state index in [1.165, 1.54) is 0 Å². The first kappa shape index (κ1) is 21.3. The van der Waals surface area contributed by atoms with E-state index in [1.54, 1.807) is 25.1 Å². The van der Waals surface area contributed by atoms with Crippen LogP contribution in [0.25, 0.3) is 0 Å². The van der Waals surface area contributed by atoms with Crippen LogP contribution in [0.5, 0.6) is 11.5 Å². The van der Waals surface area contributed by atoms with E-state index in [-0.39, 0.29) is 5.97 Å². The van der Waals surface area contributed by atoms with Gasteiger partial charge in [0.05, 0.1) is 34.4 Å². The van der Waals surface area contributed by atoms with E-state index < -0.39 is 0 Å². The van der Waals surface area contributed by atoms with Gasteiger partial charge in [0.2, 0.25) is 0 Å². The van der Waals surface area contributed by atoms with Crippen LogP contribution in [-0.4, -0.2) is 24.8 Å². The molecule has 2 fully saturated rings. The molecule has 0 heterocycles. The highest BCUT2D eigenvalue weighted by Crippen LogP contribution is 2.34. The molecule has 0 atom stereocenters. The van der Waals surface area contributed by atoms with Crippen molar-refractivity contribution < 1.29 is 19.0 Å². The Balaban J connectivity index is 0.000000167. The van der Waals surface area contributed by atoms with Crippen LogP contribution in [0.2, 0.25) is 10.0 Å². The maximum atomic E-state index is 11.4. The van der Waals surface area contributed by atoms with Crippen LogP contribution in [-0.2, 0) is 4.74 Å². The van der Waals surface area contributed by atoms with Gasteiger partial charge in [-0.3, -0.25) is 0 Å². The van der Waals surface area contributed by atoms with E-state index in [1.807, 2.05) is 18.2 Å². The predicted molar refractivity (Wildman–Crippen MR) is 114 cm³/mol. The molecule has 4 nitrogen and oxygen atoms in total. The minimum atomic E-state index is -0.359. The molecule has 28 heavy (non-hydrogen) atoms. The summed E-state index contributed by atoms with van der Waals surface area (Å²) in [7, 11) is 0. The fourth-order valence-corrected chi connectivity index (χ4v) is 3.18. The topological polar surface area (TPSA) is 44.8 Å². The van der Waals surface area contributed by atoms with Gasteiger partial charge in [-0.05, 0) is 69.0 Å². The molecule has 0 unspecified atom stereocenters. The lowest BCUT2D eigenvalue weighted by molar-refractivity contribution is 0.0526. The van der Waals surface area contributed by atoms with Gasteiger partial charge in [0, 0.05) is 4.47 Å². The van der Waals surface area contributed by atoms with Crippen molar-refractivity contribution in [2.45, 2.75) is 44.8 Å². The van der Waals surface area contributed by atoms with E-state index in [9.17, 15) is 4.79 Å². The van der Waals surface area contributed by atoms with Gasteiger partial charge in [-0.15, -0.1) is 0 Å². The SMILES string of the molecule is CCOC(=O)c1ccc(OC2CC2)c(Cl)c1.Clc1cc(Br)ccc1OC1CC1. The smallest absolute Gasteiger partial charge is 0.338 e. The second-order valence-electron chi connectivity index (χ2n) is 6.57. The highest BCUT2D eigenvalue weighted by Gasteiger charge is 2.25. The number of hydrogen-bond donors (Lipinski definition) is 0. The number of esters is 1. The zero-order valence-corrected chi connectivity index (χ0v) is 18.5. The third-order valence-electron chi connectivity index (χ3n) is 3.97. The first-order valence-corrected chi connectivity index (χ1v) is 10.8. The fourth-order valence-electron chi connectivity index (χ4n) is 2.24. The van der Waals surface area contributed by atoms with Crippen LogP contribution >= 0.6 is 39.1 Å². The number of carbonyl (C=O) groups excluding carboxylic acids is 1. The molecule has 0 bridgehead atoms. The summed E-state index contributed by atoms with van der Waals surface area (Å²) in [5, 5.41) is 1.13. The second kappa shape index (κ2) is 9.86. The highest BCUT2D eigenvalue weighted by molar-refractivity contribution is 9.10. The number of ether oxygens (including phenoxy) is 3. The highest BCUT2D eigenvalue weighted by atomic mass is 79.9. The van der Waals surface area contributed by atoms with Gasteiger partial charge in [0.1, 0.15) is 11.5 Å². The summed E-state index contributed by atoms with van der Waals surface area (Å²) >= 11 is 15.3. The van der Waals surface area contributed by atoms with Crippen LogP contribution in [0.1, 0.15) is 43.0 Å². The Bertz CT molecular complexity index is 835. The molecule has 4 rings (SSSR count). The van der Waals surface area contributed by atoms with E-state index in [0.717, 1.165) is 35.9 Å². The van der Waals surface area contributed by atoms with Crippen molar-refractivity contribution in [2.24, 2.45) is 0 Å². The Hall–Kier alpha value is -1.43. The molecule has 0 aliphatic heterocycles. The first-order chi connectivity index (χ1) is 13.5. The van der Waals surface area contributed by atoms with Crippen molar-refractivity contribution in [1.82, 2.24) is 0 Å². The molecule has 2 aromatic rings. The predicted octanol–water partition coefficient (Wildman–Crippen LogP) is 6.70. The minimum Gasteiger partial charge on any atom is -0.489 e. The average molecular weight is 488 g/mol. The molecular weight excluding hydrogens is 467 g/mol. The molecule has 0 N–H and O–H groups in total. The lowest BCUT2D eigenvalue weighted by Crippen LogP contribution is -2.05. The number of halogens is 3. The van der Waals surface area contributed by atoms with Crippen molar-refractivity contribution in [2.75, 3.05) is 6.61 Å². The number of hydrogen-bond acceptors (Lipinski definition) is 4. The first-order valence-electron chi connectivity index (χ1n) is 9.21. The monoisotopic (exact) mass is 486 g/mol. The third-order valence-corrected chi connectivity index (χ3v) is 5.06. The van der Waals surface area contributed by atoms with Crippen LogP contribution in [0.3, 0.4) is 0 Å². The van der Waals surface area contributed by atoms with Gasteiger partial charge in [-0.25, -0.2) is 4.79 Å². The molecule has 2 saturated carbocycles. The maximum absolute atomic E-state index is 11.4. The summed E-state index contributed by atoms with van der Waals surface area (Å²) in [5.74, 6) is 1.07. The summed E-state index contributed by atoms with van der Waals surface area (Å²) in [4.78, 5) is 11.4. The Labute approximate surface area is 183 Å². The Morgan fingerprint density at radius 2 is 1.50 bits per heavy atom. The number of rotatable bonds is 6. The summed E-state index contributed by atoms with van der Waals surface area (Å²) in [6, 6.07) is 10.6. The van der Waals surface area contributed by atoms with Gasteiger partial charge in [-0.2, -0.15) is 0 Å². The van der Waals surface area contributed by atoms with Crippen LogP contribution in [0.4, 0.5) is 0 Å². The minimum absolute atomic E-state index is 0.297. The van der Waals surface area contributed by atoms with Crippen LogP contribution in [0, 0.1) is 0 Å². The lowest BCUT2D eigenvalue weighted by atomic mass is 10.2. The maximum Gasteiger partial charge on any atom is 0.338 e. The molecule has 0 amide bonds. The summed E-state index contributed by atoms with van der Waals surface area (Å²) in [6.07, 6.45) is 5.18. The molecule has 2 aromatic carbocycles. The Morgan fingerprint density at radius 3 is 1.96 bits per heavy atom. The molecule has 2 aliphatic rings. The summed E-state index contributed by atoms with van der Waals surface area (Å²) in [6.45, 7) is 2.13. The van der Waals surface area contributed by atoms with Crippen LogP contribution < -0.4 is 9.47 Å². The van der Waals surface area contributed by atoms with Crippen molar-refractivity contribution in [3.63, 3.8) is 0 Å². The van der Waals surface area contributed by atoms with E-state index in [2.05, 4.69) is 15.9 Å². The molecule has 0 saturated heterocycles. The average Bonchev–Trinajstić information content (AvgIpc) is 3.56. The number of benzene rings is 2.